The fourth-order valence-electron chi connectivity index (χ4n) is 6.54. The Labute approximate surface area is 254 Å². The first-order chi connectivity index (χ1) is 19.8. The summed E-state index contributed by atoms with van der Waals surface area (Å²) in [6.07, 6.45) is 48.4. The van der Waals surface area contributed by atoms with Crippen molar-refractivity contribution in [3.63, 3.8) is 0 Å². The number of hydrogen-bond donors (Lipinski definition) is 0. The smallest absolute Gasteiger partial charge is 0.101 e. The molecule has 1 unspecified atom stereocenters. The fourth-order valence-corrected chi connectivity index (χ4v) is 6.54. The molecule has 0 saturated heterocycles. The molecule has 238 valence electrons. The van der Waals surface area contributed by atoms with Crippen LogP contribution in [0.4, 0.5) is 0 Å². The first kappa shape index (κ1) is 37.4. The molecule has 0 fully saturated rings. The summed E-state index contributed by atoms with van der Waals surface area (Å²) in [6, 6.07) is 0. The molecule has 40 heavy (non-hydrogen) atoms. The third-order valence-electron chi connectivity index (χ3n) is 9.32. The van der Waals surface area contributed by atoms with Crippen LogP contribution in [0.1, 0.15) is 213 Å². The summed E-state index contributed by atoms with van der Waals surface area (Å²) < 4.78 is 0. The van der Waals surface area contributed by atoms with E-state index in [9.17, 15) is 0 Å². The Balaban J connectivity index is 2.18. The van der Waals surface area contributed by atoms with Crippen LogP contribution in [0.25, 0.3) is 0 Å². The van der Waals surface area contributed by atoms with Gasteiger partial charge in [0.25, 0.3) is 0 Å². The molecule has 2 heteroatoms. The summed E-state index contributed by atoms with van der Waals surface area (Å²) in [5, 5.41) is 0. The van der Waals surface area contributed by atoms with Crippen LogP contribution in [0.15, 0.2) is 12.4 Å². The molecule has 1 rings (SSSR count). The topological polar surface area (TPSA) is 6.48 Å². The lowest BCUT2D eigenvalue weighted by Crippen LogP contribution is -2.39. The van der Waals surface area contributed by atoms with Crippen LogP contribution in [-0.2, 0) is 0 Å². The van der Waals surface area contributed by atoms with Gasteiger partial charge in [0.1, 0.15) is 6.17 Å². The van der Waals surface area contributed by atoms with Crippen molar-refractivity contribution in [2.24, 2.45) is 0 Å². The quantitative estimate of drug-likeness (QED) is 0.0755. The van der Waals surface area contributed by atoms with Crippen molar-refractivity contribution in [3.05, 3.63) is 12.4 Å². The fraction of sp³-hybridized carbons (Fsp3) is 0.947. The summed E-state index contributed by atoms with van der Waals surface area (Å²) in [5.41, 5.74) is 0. The van der Waals surface area contributed by atoms with E-state index in [1.807, 2.05) is 0 Å². The number of unbranched alkanes of at least 4 members (excludes halogenated alkanes) is 26. The van der Waals surface area contributed by atoms with Crippen LogP contribution < -0.4 is 0 Å². The second-order valence-electron chi connectivity index (χ2n) is 13.2. The van der Waals surface area contributed by atoms with E-state index in [0.717, 1.165) is 0 Å². The van der Waals surface area contributed by atoms with Gasteiger partial charge in [-0.2, -0.15) is 0 Å². The van der Waals surface area contributed by atoms with Gasteiger partial charge in [0.15, 0.2) is 0 Å². The summed E-state index contributed by atoms with van der Waals surface area (Å²) in [6.45, 7) is 9.48. The maximum Gasteiger partial charge on any atom is 0.101 e. The van der Waals surface area contributed by atoms with Gasteiger partial charge < -0.3 is 9.80 Å². The normalized spacial score (nSPS) is 15.1. The van der Waals surface area contributed by atoms with Crippen LogP contribution in [0.2, 0.25) is 0 Å². The van der Waals surface area contributed by atoms with Gasteiger partial charge in [-0.25, -0.2) is 0 Å². The van der Waals surface area contributed by atoms with Crippen LogP contribution in [-0.4, -0.2) is 29.1 Å². The standard InChI is InChI=1S/C38H76N2/c1-4-7-10-13-16-18-20-22-24-26-29-32-35-40-37-36-39(38(40)33-30-27-15-12-9-6-3)34-31-28-25-23-21-19-17-14-11-8-5-2/h36-38H,4-35H2,1-3H3. The SMILES string of the molecule is CCCCCCCCCCCCCCN1C=CN(CCCCCCCCCCCCC)C1CCCCCCCC. The maximum absolute atomic E-state index is 2.71. The minimum Gasteiger partial charge on any atom is -0.356 e. The molecule has 1 aliphatic rings. The van der Waals surface area contributed by atoms with Gasteiger partial charge in [0, 0.05) is 25.5 Å². The molecule has 0 aromatic carbocycles. The molecule has 0 aromatic rings. The van der Waals surface area contributed by atoms with E-state index in [2.05, 4.69) is 43.0 Å². The minimum absolute atomic E-state index is 0.641. The molecule has 0 N–H and O–H groups in total. The number of hydrogen-bond acceptors (Lipinski definition) is 2. The summed E-state index contributed by atoms with van der Waals surface area (Å²) >= 11 is 0. The van der Waals surface area contributed by atoms with Gasteiger partial charge in [-0.15, -0.1) is 0 Å². The second-order valence-corrected chi connectivity index (χ2v) is 13.2. The van der Waals surface area contributed by atoms with Crippen molar-refractivity contribution in [1.82, 2.24) is 9.80 Å². The van der Waals surface area contributed by atoms with E-state index in [4.69, 9.17) is 0 Å². The van der Waals surface area contributed by atoms with E-state index in [1.54, 1.807) is 0 Å². The molecule has 0 aliphatic carbocycles. The van der Waals surface area contributed by atoms with Crippen molar-refractivity contribution in [2.75, 3.05) is 13.1 Å². The number of nitrogens with zero attached hydrogens (tertiary/aromatic N) is 2. The summed E-state index contributed by atoms with van der Waals surface area (Å²) in [5.74, 6) is 0. The van der Waals surface area contributed by atoms with Gasteiger partial charge >= 0.3 is 0 Å². The van der Waals surface area contributed by atoms with Crippen molar-refractivity contribution in [3.8, 4) is 0 Å². The van der Waals surface area contributed by atoms with Gasteiger partial charge in [-0.1, -0.05) is 188 Å². The highest BCUT2D eigenvalue weighted by Gasteiger charge is 2.24. The van der Waals surface area contributed by atoms with Crippen LogP contribution in [0.3, 0.4) is 0 Å². The van der Waals surface area contributed by atoms with E-state index in [0.29, 0.717) is 6.17 Å². The van der Waals surface area contributed by atoms with Gasteiger partial charge in [-0.3, -0.25) is 0 Å². The average Bonchev–Trinajstić information content (AvgIpc) is 3.35. The first-order valence-electron chi connectivity index (χ1n) is 19.0. The monoisotopic (exact) mass is 561 g/mol. The number of rotatable bonds is 32. The van der Waals surface area contributed by atoms with Crippen molar-refractivity contribution in [2.45, 2.75) is 220 Å². The zero-order chi connectivity index (χ0) is 28.8. The van der Waals surface area contributed by atoms with E-state index >= 15 is 0 Å². The predicted molar refractivity (Wildman–Crippen MR) is 182 cm³/mol. The molecule has 0 saturated carbocycles. The van der Waals surface area contributed by atoms with Crippen molar-refractivity contribution >= 4 is 0 Å². The van der Waals surface area contributed by atoms with Crippen molar-refractivity contribution in [1.29, 1.82) is 0 Å². The van der Waals surface area contributed by atoms with Gasteiger partial charge in [-0.05, 0) is 25.7 Å². The average molecular weight is 561 g/mol. The van der Waals surface area contributed by atoms with Gasteiger partial charge in [0.2, 0.25) is 0 Å². The lowest BCUT2D eigenvalue weighted by Gasteiger charge is -2.33. The Hall–Kier alpha value is -0.660. The zero-order valence-electron chi connectivity index (χ0n) is 28.3. The molecule has 0 amide bonds. The van der Waals surface area contributed by atoms with E-state index in [-0.39, 0.29) is 0 Å². The van der Waals surface area contributed by atoms with E-state index < -0.39 is 0 Å². The predicted octanol–water partition coefficient (Wildman–Crippen LogP) is 13.2. The van der Waals surface area contributed by atoms with Crippen molar-refractivity contribution < 1.29 is 0 Å². The van der Waals surface area contributed by atoms with Gasteiger partial charge in [0.05, 0.1) is 0 Å². The van der Waals surface area contributed by atoms with Crippen LogP contribution in [0, 0.1) is 0 Å². The summed E-state index contributed by atoms with van der Waals surface area (Å²) in [7, 11) is 0. The Kier molecular flexibility index (Phi) is 27.9. The molecule has 0 spiro atoms. The minimum atomic E-state index is 0.641. The van der Waals surface area contributed by atoms with E-state index in [1.165, 1.54) is 206 Å². The Morgan fingerprint density at radius 2 is 0.575 bits per heavy atom. The largest absolute Gasteiger partial charge is 0.356 e. The molecule has 0 bridgehead atoms. The Morgan fingerprint density at radius 3 is 0.875 bits per heavy atom. The second kappa shape index (κ2) is 29.8. The molecule has 1 atom stereocenters. The first-order valence-corrected chi connectivity index (χ1v) is 19.0. The third-order valence-corrected chi connectivity index (χ3v) is 9.32. The van der Waals surface area contributed by atoms with Crippen LogP contribution >= 0.6 is 0 Å². The highest BCUT2D eigenvalue weighted by Crippen LogP contribution is 2.24. The maximum atomic E-state index is 2.71. The Morgan fingerprint density at radius 1 is 0.325 bits per heavy atom. The lowest BCUT2D eigenvalue weighted by atomic mass is 10.0. The molecule has 0 aromatic heterocycles. The highest BCUT2D eigenvalue weighted by molar-refractivity contribution is 4.97. The Bertz CT molecular complexity index is 516. The molecule has 0 radical (unpaired) electrons. The molecule has 1 heterocycles. The summed E-state index contributed by atoms with van der Waals surface area (Å²) in [4.78, 5) is 5.42. The zero-order valence-corrected chi connectivity index (χ0v) is 28.3. The molecule has 2 nitrogen and oxygen atoms in total. The van der Waals surface area contributed by atoms with Crippen LogP contribution in [0.5, 0.6) is 0 Å². The lowest BCUT2D eigenvalue weighted by molar-refractivity contribution is 0.135. The highest BCUT2D eigenvalue weighted by atomic mass is 15.4. The molecular formula is C38H76N2. The third kappa shape index (κ3) is 22.0. The molecule has 1 aliphatic heterocycles. The molecular weight excluding hydrogens is 484 g/mol.